The molecule has 0 aliphatic carbocycles. The van der Waals surface area contributed by atoms with E-state index in [2.05, 4.69) is 20.8 Å². The second kappa shape index (κ2) is 5.47. The van der Waals surface area contributed by atoms with Crippen LogP contribution in [-0.4, -0.2) is 62.2 Å². The molecule has 0 unspecified atom stereocenters. The highest BCUT2D eigenvalue weighted by molar-refractivity contribution is 7.88. The molecule has 1 aromatic heterocycles. The molecule has 11 nitrogen and oxygen atoms in total. The van der Waals surface area contributed by atoms with Crippen LogP contribution < -0.4 is 5.43 Å². The van der Waals surface area contributed by atoms with Crippen molar-refractivity contribution in [1.29, 1.82) is 0 Å². The zero-order valence-electron chi connectivity index (χ0n) is 11.3. The Morgan fingerprint density at radius 1 is 1.19 bits per heavy atom. The first-order valence-corrected chi connectivity index (χ1v) is 7.41. The molecule has 0 saturated carbocycles. The van der Waals surface area contributed by atoms with E-state index in [1.165, 1.54) is 13.8 Å². The van der Waals surface area contributed by atoms with Crippen molar-refractivity contribution in [2.45, 2.75) is 13.8 Å². The summed E-state index contributed by atoms with van der Waals surface area (Å²) in [4.78, 5) is 25.2. The maximum Gasteiger partial charge on any atom is 0.331 e. The van der Waals surface area contributed by atoms with E-state index in [-0.39, 0.29) is 18.7 Å². The summed E-state index contributed by atoms with van der Waals surface area (Å²) in [7, 11) is -4.12. The fourth-order valence-electron chi connectivity index (χ4n) is 1.77. The van der Waals surface area contributed by atoms with Gasteiger partial charge in [-0.1, -0.05) is 4.91 Å². The highest BCUT2D eigenvalue weighted by Crippen LogP contribution is 2.21. The van der Waals surface area contributed by atoms with Crippen LogP contribution in [0.4, 0.5) is 0 Å². The summed E-state index contributed by atoms with van der Waals surface area (Å²) in [6.07, 6.45) is 2.20. The van der Waals surface area contributed by atoms with Crippen LogP contribution in [0.25, 0.3) is 0 Å². The Morgan fingerprint density at radius 2 is 1.76 bits per heavy atom. The molecule has 0 radical (unpaired) electrons. The molecule has 2 heterocycles. The van der Waals surface area contributed by atoms with Crippen molar-refractivity contribution in [2.24, 2.45) is 0 Å². The highest BCUT2D eigenvalue weighted by atomic mass is 32.2. The molecule has 2 rings (SSSR count). The molecule has 12 heteroatoms. The molecule has 0 atom stereocenters. The minimum absolute atomic E-state index is 0.0795. The third-order valence-corrected chi connectivity index (χ3v) is 4.68. The first kappa shape index (κ1) is 14.9. The number of nitrogens with one attached hydrogen (secondary N) is 1. The normalized spacial score (nSPS) is 18.1. The predicted octanol–water partition coefficient (Wildman–Crippen LogP) is -1.94. The first-order chi connectivity index (χ1) is 9.93. The summed E-state index contributed by atoms with van der Waals surface area (Å²) in [6, 6.07) is 0. The van der Waals surface area contributed by atoms with Crippen LogP contribution in [0, 0.1) is 0 Å². The Balaban J connectivity index is 2.39. The van der Waals surface area contributed by atoms with Gasteiger partial charge in [0.25, 0.3) is 11.8 Å². The molecule has 114 valence electrons. The lowest BCUT2D eigenvalue weighted by Crippen LogP contribution is -2.56. The lowest BCUT2D eigenvalue weighted by Gasteiger charge is -2.33. The Bertz CT molecular complexity index is 649. The lowest BCUT2D eigenvalue weighted by atomic mass is 10.2. The number of nitrogens with zero attached hydrogens (tertiary/aromatic N) is 6. The third kappa shape index (κ3) is 2.44. The van der Waals surface area contributed by atoms with Crippen LogP contribution in [0.15, 0.2) is 18.1 Å². The Hall–Kier alpha value is -2.50. The van der Waals surface area contributed by atoms with Crippen molar-refractivity contribution in [3.05, 3.63) is 18.1 Å². The summed E-state index contributed by atoms with van der Waals surface area (Å²) >= 11 is 0. The molecule has 1 fully saturated rings. The van der Waals surface area contributed by atoms with E-state index in [4.69, 9.17) is 0 Å². The second-order valence-corrected chi connectivity index (χ2v) is 5.64. The van der Waals surface area contributed by atoms with E-state index in [9.17, 15) is 18.0 Å². The SMILES string of the molecule is CCN1C(=O)C(=CNn2ncnn2)C(=O)N(CC)S1(=O)=O. The number of rotatable bonds is 4. The maximum absolute atomic E-state index is 12.1. The van der Waals surface area contributed by atoms with E-state index in [0.717, 1.165) is 17.4 Å². The van der Waals surface area contributed by atoms with Crippen LogP contribution in [-0.2, 0) is 19.8 Å². The van der Waals surface area contributed by atoms with Crippen LogP contribution in [0.1, 0.15) is 13.8 Å². The quantitative estimate of drug-likeness (QED) is 0.501. The average Bonchev–Trinajstić information content (AvgIpc) is 2.92. The molecule has 1 aliphatic heterocycles. The number of amides is 2. The number of aromatic nitrogens is 4. The van der Waals surface area contributed by atoms with E-state index < -0.39 is 22.0 Å². The molecule has 2 amide bonds. The second-order valence-electron chi connectivity index (χ2n) is 3.86. The number of likely N-dealkylation sites (N-methyl/N-ethyl adjacent to an activating group) is 2. The smallest absolute Gasteiger partial charge is 0.268 e. The minimum atomic E-state index is -4.12. The van der Waals surface area contributed by atoms with Gasteiger partial charge in [-0.2, -0.15) is 8.42 Å². The van der Waals surface area contributed by atoms with Gasteiger partial charge in [0.2, 0.25) is 0 Å². The summed E-state index contributed by atoms with van der Waals surface area (Å²) in [5.41, 5.74) is 2.12. The fourth-order valence-corrected chi connectivity index (χ4v) is 3.28. The lowest BCUT2D eigenvalue weighted by molar-refractivity contribution is -0.131. The number of hydrogen-bond donors (Lipinski definition) is 1. The van der Waals surface area contributed by atoms with Crippen molar-refractivity contribution in [1.82, 2.24) is 28.9 Å². The number of hydrogen-bond acceptors (Lipinski definition) is 8. The van der Waals surface area contributed by atoms with Crippen LogP contribution >= 0.6 is 0 Å². The summed E-state index contributed by atoms with van der Waals surface area (Å²) < 4.78 is 25.4. The average molecular weight is 315 g/mol. The van der Waals surface area contributed by atoms with Crippen molar-refractivity contribution in [3.8, 4) is 0 Å². The third-order valence-electron chi connectivity index (χ3n) is 2.72. The van der Waals surface area contributed by atoms with E-state index in [1.807, 2.05) is 0 Å². The van der Waals surface area contributed by atoms with Gasteiger partial charge in [-0.3, -0.25) is 15.0 Å². The topological polar surface area (TPSA) is 130 Å². The molecular weight excluding hydrogens is 302 g/mol. The van der Waals surface area contributed by atoms with E-state index in [1.54, 1.807) is 0 Å². The molecular formula is C9H13N7O4S. The van der Waals surface area contributed by atoms with E-state index in [0.29, 0.717) is 8.61 Å². The number of carbonyl (C=O) groups is 2. The van der Waals surface area contributed by atoms with Crippen molar-refractivity contribution < 1.29 is 18.0 Å². The molecule has 1 N–H and O–H groups in total. The Labute approximate surface area is 120 Å². The minimum Gasteiger partial charge on any atom is -0.268 e. The van der Waals surface area contributed by atoms with Crippen LogP contribution in [0.2, 0.25) is 0 Å². The van der Waals surface area contributed by atoms with Gasteiger partial charge in [0, 0.05) is 19.3 Å². The van der Waals surface area contributed by atoms with Gasteiger partial charge in [-0.05, 0) is 19.1 Å². The summed E-state index contributed by atoms with van der Waals surface area (Å²) in [5.74, 6) is -1.81. The molecule has 0 bridgehead atoms. The molecule has 1 aromatic rings. The number of tetrazole rings is 1. The fraction of sp³-hybridized carbons (Fsp3) is 0.444. The zero-order valence-corrected chi connectivity index (χ0v) is 12.1. The molecule has 1 saturated heterocycles. The molecule has 0 spiro atoms. The Kier molecular flexibility index (Phi) is 3.88. The Morgan fingerprint density at radius 3 is 2.19 bits per heavy atom. The molecule has 21 heavy (non-hydrogen) atoms. The molecule has 1 aliphatic rings. The first-order valence-electron chi connectivity index (χ1n) is 6.02. The molecule has 0 aromatic carbocycles. The summed E-state index contributed by atoms with van der Waals surface area (Å²) in [6.45, 7) is 2.85. The van der Waals surface area contributed by atoms with Gasteiger partial charge in [0.1, 0.15) is 5.57 Å². The van der Waals surface area contributed by atoms with Gasteiger partial charge < -0.3 is 0 Å². The van der Waals surface area contributed by atoms with Gasteiger partial charge in [0.05, 0.1) is 0 Å². The zero-order chi connectivity index (χ0) is 15.6. The maximum atomic E-state index is 12.1. The van der Waals surface area contributed by atoms with E-state index >= 15 is 0 Å². The summed E-state index contributed by atoms with van der Waals surface area (Å²) in [5, 5.41) is 10.6. The van der Waals surface area contributed by atoms with Gasteiger partial charge in [-0.25, -0.2) is 8.61 Å². The van der Waals surface area contributed by atoms with Crippen LogP contribution in [0.3, 0.4) is 0 Å². The van der Waals surface area contributed by atoms with Crippen molar-refractivity contribution in [2.75, 3.05) is 18.5 Å². The van der Waals surface area contributed by atoms with Crippen LogP contribution in [0.5, 0.6) is 0 Å². The monoisotopic (exact) mass is 315 g/mol. The van der Waals surface area contributed by atoms with Crippen molar-refractivity contribution >= 4 is 22.0 Å². The standard InChI is InChI=1S/C9H13N7O4S/c1-3-14-8(17)7(5-11-16-12-6-10-13-16)9(18)15(4-2)21(14,19)20/h5-6,11H,3-4H2,1-2H3. The number of carbonyl (C=O) groups excluding carboxylic acids is 2. The predicted molar refractivity (Wildman–Crippen MR) is 69.0 cm³/mol. The highest BCUT2D eigenvalue weighted by Gasteiger charge is 2.45. The van der Waals surface area contributed by atoms with Crippen molar-refractivity contribution in [3.63, 3.8) is 0 Å². The van der Waals surface area contributed by atoms with Gasteiger partial charge >= 0.3 is 10.2 Å². The van der Waals surface area contributed by atoms with Gasteiger partial charge in [-0.15, -0.1) is 10.2 Å². The van der Waals surface area contributed by atoms with Gasteiger partial charge in [0.15, 0.2) is 6.33 Å². The largest absolute Gasteiger partial charge is 0.331 e.